The topological polar surface area (TPSA) is 136 Å². The third-order valence-corrected chi connectivity index (χ3v) is 3.89. The van der Waals surface area contributed by atoms with Gasteiger partial charge in [-0.1, -0.05) is 23.4 Å². The molecule has 0 aliphatic carbocycles. The lowest BCUT2D eigenvalue weighted by molar-refractivity contribution is -0.116. The normalized spacial score (nSPS) is 10.8. The molecule has 28 heavy (non-hydrogen) atoms. The maximum absolute atomic E-state index is 12.2. The van der Waals surface area contributed by atoms with Crippen LogP contribution in [0, 0.1) is 0 Å². The van der Waals surface area contributed by atoms with Crippen molar-refractivity contribution in [3.05, 3.63) is 47.9 Å². The molecule has 10 heteroatoms. The number of aromatic carboxylic acids is 1. The van der Waals surface area contributed by atoms with Gasteiger partial charge in [-0.05, 0) is 31.0 Å². The van der Waals surface area contributed by atoms with Crippen LogP contribution < -0.4 is 5.32 Å². The molecule has 0 radical (unpaired) electrons. The van der Waals surface area contributed by atoms with Gasteiger partial charge >= 0.3 is 5.97 Å². The van der Waals surface area contributed by atoms with Crippen LogP contribution in [0.5, 0.6) is 0 Å². The minimum absolute atomic E-state index is 0.143. The van der Waals surface area contributed by atoms with Crippen molar-refractivity contribution in [2.24, 2.45) is 0 Å². The number of aryl methyl sites for hydroxylation is 2. The molecule has 0 fully saturated rings. The number of carbonyl (C=O) groups is 2. The number of carboxylic acids is 1. The largest absolute Gasteiger partial charge is 0.476 e. The number of nitrogens with one attached hydrogen (secondary N) is 1. The number of nitrogens with zero attached hydrogens (tertiary/aromatic N) is 5. The number of rotatable bonds is 9. The van der Waals surface area contributed by atoms with Gasteiger partial charge in [-0.25, -0.2) is 9.48 Å². The third kappa shape index (κ3) is 5.00. The van der Waals surface area contributed by atoms with Crippen LogP contribution >= 0.6 is 0 Å². The van der Waals surface area contributed by atoms with Crippen LogP contribution in [0.2, 0.25) is 0 Å². The third-order valence-electron chi connectivity index (χ3n) is 3.89. The quantitative estimate of drug-likeness (QED) is 0.573. The van der Waals surface area contributed by atoms with Crippen molar-refractivity contribution in [3.63, 3.8) is 0 Å². The molecule has 10 nitrogen and oxygen atoms in total. The highest BCUT2D eigenvalue weighted by Gasteiger charge is 2.11. The lowest BCUT2D eigenvalue weighted by atomic mass is 10.2. The minimum atomic E-state index is -1.15. The highest BCUT2D eigenvalue weighted by atomic mass is 16.5. The van der Waals surface area contributed by atoms with Crippen LogP contribution in [0.3, 0.4) is 0 Å². The second-order valence-corrected chi connectivity index (χ2v) is 6.16. The number of carbonyl (C=O) groups excluding carboxylic acids is 1. The van der Waals surface area contributed by atoms with E-state index in [1.807, 2.05) is 6.92 Å². The number of hydrogen-bond donors (Lipinski definition) is 2. The molecular weight excluding hydrogens is 364 g/mol. The number of benzene rings is 1. The Kier molecular flexibility index (Phi) is 6.10. The number of anilines is 1. The summed E-state index contributed by atoms with van der Waals surface area (Å²) < 4.78 is 6.49. The van der Waals surface area contributed by atoms with Gasteiger partial charge in [-0.2, -0.15) is 4.98 Å². The molecule has 1 aromatic carbocycles. The van der Waals surface area contributed by atoms with Crippen LogP contribution in [-0.2, 0) is 17.6 Å². The van der Waals surface area contributed by atoms with Gasteiger partial charge in [0.05, 0.1) is 11.9 Å². The molecule has 0 unspecified atom stereocenters. The fourth-order valence-electron chi connectivity index (χ4n) is 2.55. The Morgan fingerprint density at radius 3 is 2.89 bits per heavy atom. The van der Waals surface area contributed by atoms with E-state index in [2.05, 4.69) is 25.8 Å². The standard InChI is InChI=1S/C18H20N6O4/c1-2-5-15-20-17(28-22-15)9-4-8-16(25)19-12-6-3-7-13(10-12)24-11-14(18(26)27)21-23-24/h3,6-7,10-11H,2,4-5,8-9H2,1H3,(H,19,25)(H,26,27). The number of amides is 1. The van der Waals surface area contributed by atoms with Gasteiger partial charge in [0, 0.05) is 24.9 Å². The van der Waals surface area contributed by atoms with Crippen LogP contribution in [0.15, 0.2) is 35.0 Å². The Morgan fingerprint density at radius 2 is 2.14 bits per heavy atom. The summed E-state index contributed by atoms with van der Waals surface area (Å²) >= 11 is 0. The van der Waals surface area contributed by atoms with E-state index < -0.39 is 5.97 Å². The van der Waals surface area contributed by atoms with E-state index in [1.54, 1.807) is 24.3 Å². The first-order valence-electron chi connectivity index (χ1n) is 8.92. The second-order valence-electron chi connectivity index (χ2n) is 6.16. The van der Waals surface area contributed by atoms with E-state index in [9.17, 15) is 9.59 Å². The van der Waals surface area contributed by atoms with Crippen molar-refractivity contribution in [1.29, 1.82) is 0 Å². The molecule has 2 aromatic heterocycles. The summed E-state index contributed by atoms with van der Waals surface area (Å²) in [7, 11) is 0. The Hall–Kier alpha value is -3.56. The predicted octanol–water partition coefficient (Wildman–Crippen LogP) is 2.26. The molecule has 0 saturated carbocycles. The van der Waals surface area contributed by atoms with Crippen LogP contribution in [0.4, 0.5) is 5.69 Å². The fraction of sp³-hybridized carbons (Fsp3) is 0.333. The SMILES string of the molecule is CCCc1noc(CCCC(=O)Nc2cccc(-n3cc(C(=O)O)nn3)c2)n1. The minimum Gasteiger partial charge on any atom is -0.476 e. The monoisotopic (exact) mass is 384 g/mol. The maximum Gasteiger partial charge on any atom is 0.358 e. The molecule has 1 amide bonds. The molecule has 3 rings (SSSR count). The van der Waals surface area contributed by atoms with E-state index in [1.165, 1.54) is 10.9 Å². The summed E-state index contributed by atoms with van der Waals surface area (Å²) in [5.74, 6) is -0.0642. The molecule has 0 bridgehead atoms. The predicted molar refractivity (Wildman–Crippen MR) is 98.2 cm³/mol. The van der Waals surface area contributed by atoms with Crippen LogP contribution in [-0.4, -0.2) is 42.1 Å². The average molecular weight is 384 g/mol. The van der Waals surface area contributed by atoms with Crippen molar-refractivity contribution < 1.29 is 19.2 Å². The summed E-state index contributed by atoms with van der Waals surface area (Å²) in [6, 6.07) is 6.90. The first-order valence-corrected chi connectivity index (χ1v) is 8.92. The zero-order chi connectivity index (χ0) is 19.9. The van der Waals surface area contributed by atoms with Gasteiger partial charge in [0.2, 0.25) is 11.8 Å². The average Bonchev–Trinajstić information content (AvgIpc) is 3.32. The zero-order valence-corrected chi connectivity index (χ0v) is 15.3. The molecule has 2 N–H and O–H groups in total. The van der Waals surface area contributed by atoms with E-state index in [0.29, 0.717) is 42.4 Å². The van der Waals surface area contributed by atoms with Crippen LogP contribution in [0.25, 0.3) is 5.69 Å². The Morgan fingerprint density at radius 1 is 1.29 bits per heavy atom. The van der Waals surface area contributed by atoms with Crippen molar-refractivity contribution >= 4 is 17.6 Å². The molecule has 0 aliphatic rings. The number of carboxylic acid groups (broad SMARTS) is 1. The molecule has 0 saturated heterocycles. The van der Waals surface area contributed by atoms with Crippen molar-refractivity contribution in [2.45, 2.75) is 39.0 Å². The first-order chi connectivity index (χ1) is 13.5. The van der Waals surface area contributed by atoms with E-state index in [0.717, 1.165) is 12.8 Å². The second kappa shape index (κ2) is 8.89. The van der Waals surface area contributed by atoms with Crippen molar-refractivity contribution in [2.75, 3.05) is 5.32 Å². The van der Waals surface area contributed by atoms with E-state index >= 15 is 0 Å². The van der Waals surface area contributed by atoms with Crippen LogP contribution in [0.1, 0.15) is 48.4 Å². The van der Waals surface area contributed by atoms with Gasteiger partial charge < -0.3 is 14.9 Å². The summed E-state index contributed by atoms with van der Waals surface area (Å²) in [4.78, 5) is 27.3. The zero-order valence-electron chi connectivity index (χ0n) is 15.3. The van der Waals surface area contributed by atoms with Gasteiger partial charge in [0.15, 0.2) is 11.5 Å². The Labute approximate surface area is 160 Å². The fourth-order valence-corrected chi connectivity index (χ4v) is 2.55. The smallest absolute Gasteiger partial charge is 0.358 e. The number of hydrogen-bond acceptors (Lipinski definition) is 7. The lowest BCUT2D eigenvalue weighted by Gasteiger charge is -2.07. The molecular formula is C18H20N6O4. The van der Waals surface area contributed by atoms with E-state index in [-0.39, 0.29) is 11.6 Å². The van der Waals surface area contributed by atoms with Gasteiger partial charge in [0.25, 0.3) is 0 Å². The molecule has 2 heterocycles. The van der Waals surface area contributed by atoms with Crippen molar-refractivity contribution in [3.8, 4) is 5.69 Å². The summed E-state index contributed by atoms with van der Waals surface area (Å²) in [6.07, 6.45) is 4.47. The van der Waals surface area contributed by atoms with Gasteiger partial charge in [-0.3, -0.25) is 4.79 Å². The Balaban J connectivity index is 1.52. The first kappa shape index (κ1) is 19.2. The molecule has 3 aromatic rings. The molecule has 0 atom stereocenters. The lowest BCUT2D eigenvalue weighted by Crippen LogP contribution is -2.12. The van der Waals surface area contributed by atoms with Gasteiger partial charge in [-0.15, -0.1) is 5.10 Å². The van der Waals surface area contributed by atoms with Crippen molar-refractivity contribution in [1.82, 2.24) is 25.1 Å². The number of aromatic nitrogens is 5. The van der Waals surface area contributed by atoms with E-state index in [4.69, 9.17) is 9.63 Å². The Bertz CT molecular complexity index is 964. The molecule has 0 aliphatic heterocycles. The highest BCUT2D eigenvalue weighted by Crippen LogP contribution is 2.15. The molecule has 146 valence electrons. The highest BCUT2D eigenvalue weighted by molar-refractivity contribution is 5.91. The maximum atomic E-state index is 12.2. The summed E-state index contributed by atoms with van der Waals surface area (Å²) in [5, 5.41) is 23.0. The van der Waals surface area contributed by atoms with Gasteiger partial charge in [0.1, 0.15) is 0 Å². The summed E-state index contributed by atoms with van der Waals surface area (Å²) in [6.45, 7) is 2.04. The summed E-state index contributed by atoms with van der Waals surface area (Å²) in [5.41, 5.74) is 1.02. The molecule has 0 spiro atoms.